The first-order chi connectivity index (χ1) is 14.8. The number of rotatable bonds is 6. The first-order valence-electron chi connectivity index (χ1n) is 10.4. The molecule has 0 saturated heterocycles. The van der Waals surface area contributed by atoms with Crippen molar-refractivity contribution in [3.05, 3.63) is 44.1 Å². The normalized spacial score (nSPS) is 15.8. The third kappa shape index (κ3) is 4.57. The van der Waals surface area contributed by atoms with Crippen LogP contribution in [0, 0.1) is 5.92 Å². The average molecular weight is 460 g/mol. The van der Waals surface area contributed by atoms with Gasteiger partial charge >= 0.3 is 5.97 Å². The van der Waals surface area contributed by atoms with Crippen LogP contribution in [-0.2, 0) is 28.9 Å². The molecule has 0 bridgehead atoms. The van der Waals surface area contributed by atoms with Gasteiger partial charge in [-0.1, -0.05) is 6.92 Å². The van der Waals surface area contributed by atoms with Crippen molar-refractivity contribution in [2.24, 2.45) is 5.92 Å². The van der Waals surface area contributed by atoms with Crippen molar-refractivity contribution >= 4 is 49.8 Å². The summed E-state index contributed by atoms with van der Waals surface area (Å²) in [4.78, 5) is 44.1. The maximum Gasteiger partial charge on any atom is 0.341 e. The summed E-state index contributed by atoms with van der Waals surface area (Å²) in [6, 6.07) is 1.75. The number of aromatic nitrogens is 2. The first-order valence-corrected chi connectivity index (χ1v) is 12.1. The fraction of sp³-hybridized carbons (Fsp3) is 0.455. The summed E-state index contributed by atoms with van der Waals surface area (Å²) in [7, 11) is 0. The highest BCUT2D eigenvalue weighted by atomic mass is 32.1. The molecule has 3 aromatic rings. The number of nitrogens with zero attached hydrogens (tertiary/aromatic N) is 2. The van der Waals surface area contributed by atoms with Crippen molar-refractivity contribution in [3.8, 4) is 0 Å². The molecule has 4 rings (SSSR count). The number of fused-ring (bicyclic) bond motifs is 2. The van der Waals surface area contributed by atoms with Crippen LogP contribution < -0.4 is 10.9 Å². The Kier molecular flexibility index (Phi) is 6.24. The number of nitrogens with one attached hydrogen (secondary N) is 1. The fourth-order valence-electron chi connectivity index (χ4n) is 3.79. The van der Waals surface area contributed by atoms with E-state index in [1.807, 2.05) is 19.2 Å². The molecule has 1 N–H and O–H groups in total. The number of hydrogen-bond acceptors (Lipinski definition) is 7. The van der Waals surface area contributed by atoms with E-state index >= 15 is 0 Å². The minimum absolute atomic E-state index is 0.106. The van der Waals surface area contributed by atoms with Crippen LogP contribution >= 0.6 is 22.7 Å². The predicted molar refractivity (Wildman–Crippen MR) is 123 cm³/mol. The molecule has 0 saturated carbocycles. The Bertz CT molecular complexity index is 1190. The second kappa shape index (κ2) is 8.92. The lowest BCUT2D eigenvalue weighted by Gasteiger charge is -2.18. The van der Waals surface area contributed by atoms with Gasteiger partial charge in [-0.15, -0.1) is 22.7 Å². The number of ether oxygens (including phenoxy) is 1. The van der Waals surface area contributed by atoms with Gasteiger partial charge in [0, 0.05) is 17.8 Å². The minimum atomic E-state index is -0.388. The lowest BCUT2D eigenvalue weighted by Crippen LogP contribution is -2.23. The molecule has 0 fully saturated rings. The van der Waals surface area contributed by atoms with E-state index in [-0.39, 0.29) is 36.5 Å². The summed E-state index contributed by atoms with van der Waals surface area (Å²) in [6.07, 6.45) is 4.08. The molecule has 9 heteroatoms. The van der Waals surface area contributed by atoms with Crippen molar-refractivity contribution < 1.29 is 14.3 Å². The second-order valence-corrected chi connectivity index (χ2v) is 10.2. The SMILES string of the molecule is CC1CCc2c(sc(NC(=O)CCn3cnc4sccc4c3=O)c2C(=O)OC(C)C)C1. The molecular formula is C22H25N3O4S2. The van der Waals surface area contributed by atoms with Gasteiger partial charge < -0.3 is 10.1 Å². The summed E-state index contributed by atoms with van der Waals surface area (Å²) in [6.45, 7) is 6.04. The molecule has 0 aromatic carbocycles. The summed E-state index contributed by atoms with van der Waals surface area (Å²) in [5.74, 6) is -0.0849. The molecule has 0 radical (unpaired) electrons. The highest BCUT2D eigenvalue weighted by molar-refractivity contribution is 7.17. The molecular weight excluding hydrogens is 434 g/mol. The molecule has 0 spiro atoms. The van der Waals surface area contributed by atoms with Gasteiger partial charge in [-0.2, -0.15) is 0 Å². The largest absolute Gasteiger partial charge is 0.459 e. The highest BCUT2D eigenvalue weighted by Gasteiger charge is 2.29. The summed E-state index contributed by atoms with van der Waals surface area (Å²) < 4.78 is 6.90. The lowest BCUT2D eigenvalue weighted by atomic mass is 9.88. The molecule has 3 aromatic heterocycles. The van der Waals surface area contributed by atoms with E-state index < -0.39 is 0 Å². The molecule has 1 aliphatic carbocycles. The van der Waals surface area contributed by atoms with Gasteiger partial charge in [0.15, 0.2) is 0 Å². The predicted octanol–water partition coefficient (Wildman–Crippen LogP) is 4.24. The molecule has 1 unspecified atom stereocenters. The van der Waals surface area contributed by atoms with Gasteiger partial charge in [0.2, 0.25) is 5.91 Å². The maximum absolute atomic E-state index is 12.8. The Morgan fingerprint density at radius 1 is 1.39 bits per heavy atom. The molecule has 1 aliphatic rings. The second-order valence-electron chi connectivity index (χ2n) is 8.19. The Balaban J connectivity index is 1.52. The number of hydrogen-bond donors (Lipinski definition) is 1. The van der Waals surface area contributed by atoms with Crippen molar-refractivity contribution in [3.63, 3.8) is 0 Å². The van der Waals surface area contributed by atoms with Crippen molar-refractivity contribution in [2.45, 2.75) is 59.1 Å². The third-order valence-electron chi connectivity index (χ3n) is 5.34. The molecule has 164 valence electrons. The quantitative estimate of drug-likeness (QED) is 0.557. The monoisotopic (exact) mass is 459 g/mol. The average Bonchev–Trinajstić information content (AvgIpc) is 3.31. The van der Waals surface area contributed by atoms with E-state index in [9.17, 15) is 14.4 Å². The van der Waals surface area contributed by atoms with Crippen LogP contribution in [0.5, 0.6) is 0 Å². The Morgan fingerprint density at radius 3 is 2.97 bits per heavy atom. The zero-order valence-corrected chi connectivity index (χ0v) is 19.4. The van der Waals surface area contributed by atoms with E-state index in [0.717, 1.165) is 29.7 Å². The molecule has 31 heavy (non-hydrogen) atoms. The van der Waals surface area contributed by atoms with Gasteiger partial charge in [-0.25, -0.2) is 9.78 Å². The number of aryl methyl sites for hydroxylation is 1. The minimum Gasteiger partial charge on any atom is -0.459 e. The number of thiophene rings is 2. The van der Waals surface area contributed by atoms with Crippen molar-refractivity contribution in [1.82, 2.24) is 9.55 Å². The van der Waals surface area contributed by atoms with Crippen LogP contribution in [0.15, 0.2) is 22.6 Å². The van der Waals surface area contributed by atoms with Gasteiger partial charge in [-0.05, 0) is 56.0 Å². The molecule has 1 amide bonds. The number of carbonyl (C=O) groups is 2. The third-order valence-corrected chi connectivity index (χ3v) is 7.33. The zero-order chi connectivity index (χ0) is 22.1. The molecule has 1 atom stereocenters. The topological polar surface area (TPSA) is 90.3 Å². The number of amides is 1. The van der Waals surface area contributed by atoms with Crippen LogP contribution in [0.3, 0.4) is 0 Å². The van der Waals surface area contributed by atoms with Crippen LogP contribution in [-0.4, -0.2) is 27.5 Å². The standard InChI is InChI=1S/C22H25N3O4S2/c1-12(2)29-22(28)18-14-5-4-13(3)10-16(14)31-20(18)24-17(26)6-8-25-11-23-19-15(21(25)27)7-9-30-19/h7,9,11-13H,4-6,8,10H2,1-3H3,(H,24,26). The summed E-state index contributed by atoms with van der Waals surface area (Å²) in [5.41, 5.74) is 1.35. The van der Waals surface area contributed by atoms with Gasteiger partial charge in [0.05, 0.1) is 23.4 Å². The lowest BCUT2D eigenvalue weighted by molar-refractivity contribution is -0.116. The van der Waals surface area contributed by atoms with E-state index in [1.165, 1.54) is 33.6 Å². The van der Waals surface area contributed by atoms with E-state index in [4.69, 9.17) is 4.74 Å². The zero-order valence-electron chi connectivity index (χ0n) is 17.8. The number of anilines is 1. The van der Waals surface area contributed by atoms with Crippen LogP contribution in [0.4, 0.5) is 5.00 Å². The number of esters is 1. The Morgan fingerprint density at radius 2 is 2.19 bits per heavy atom. The van der Waals surface area contributed by atoms with Crippen LogP contribution in [0.25, 0.3) is 10.2 Å². The number of carbonyl (C=O) groups excluding carboxylic acids is 2. The Labute approximate surface area is 188 Å². The molecule has 3 heterocycles. The van der Waals surface area contributed by atoms with Crippen molar-refractivity contribution in [1.29, 1.82) is 0 Å². The van der Waals surface area contributed by atoms with Crippen LogP contribution in [0.1, 0.15) is 54.4 Å². The van der Waals surface area contributed by atoms with Crippen LogP contribution in [0.2, 0.25) is 0 Å². The summed E-state index contributed by atoms with van der Waals surface area (Å²) >= 11 is 2.88. The first kappa shape index (κ1) is 21.7. The van der Waals surface area contributed by atoms with Gasteiger partial charge in [0.1, 0.15) is 9.83 Å². The Hall–Kier alpha value is -2.52. The molecule has 7 nitrogen and oxygen atoms in total. The highest BCUT2D eigenvalue weighted by Crippen LogP contribution is 2.40. The fourth-order valence-corrected chi connectivity index (χ4v) is 5.93. The smallest absolute Gasteiger partial charge is 0.341 e. The summed E-state index contributed by atoms with van der Waals surface area (Å²) in [5, 5.41) is 5.84. The molecule has 0 aliphatic heterocycles. The van der Waals surface area contributed by atoms with E-state index in [1.54, 1.807) is 6.07 Å². The van der Waals surface area contributed by atoms with E-state index in [2.05, 4.69) is 17.2 Å². The van der Waals surface area contributed by atoms with Gasteiger partial charge in [0.25, 0.3) is 5.56 Å². The van der Waals surface area contributed by atoms with E-state index in [0.29, 0.717) is 26.7 Å². The van der Waals surface area contributed by atoms with Gasteiger partial charge in [-0.3, -0.25) is 14.2 Å². The van der Waals surface area contributed by atoms with Crippen molar-refractivity contribution in [2.75, 3.05) is 5.32 Å². The maximum atomic E-state index is 12.8.